The largest absolute Gasteiger partial charge is 0.480 e. The molecule has 0 amide bonds. The highest BCUT2D eigenvalue weighted by Gasteiger charge is 2.14. The van der Waals surface area contributed by atoms with Crippen molar-refractivity contribution in [3.05, 3.63) is 0 Å². The fraction of sp³-hybridized carbons (Fsp3) is 0.833. The lowest BCUT2D eigenvalue weighted by molar-refractivity contribution is -0.139. The van der Waals surface area contributed by atoms with E-state index in [1.54, 1.807) is 0 Å². The first-order valence-electron chi connectivity index (χ1n) is 3.44. The average molecular weight is 164 g/mol. The summed E-state index contributed by atoms with van der Waals surface area (Å²) in [7, 11) is 0. The summed E-state index contributed by atoms with van der Waals surface area (Å²) in [5, 5.41) is 10.7. The average Bonchev–Trinajstić information content (AvgIpc) is 1.97. The third kappa shape index (κ3) is 4.69. The molecule has 0 heterocycles. The first-order valence-corrected chi connectivity index (χ1v) is 3.44. The number of nitrogens with two attached hydrogens (primary N) is 1. The molecule has 4 N–H and O–H groups in total. The van der Waals surface area contributed by atoms with Crippen LogP contribution in [-0.4, -0.2) is 30.5 Å². The van der Waals surface area contributed by atoms with E-state index in [-0.39, 0.29) is 0 Å². The van der Waals surface area contributed by atoms with Crippen molar-refractivity contribution in [2.75, 3.05) is 13.3 Å². The number of hydrogen-bond donors (Lipinski definition) is 3. The zero-order chi connectivity index (χ0) is 8.69. The Bertz CT molecular complexity index is 121. The number of aliphatic carboxylic acids is 1. The quantitative estimate of drug-likeness (QED) is 0.471. The van der Waals surface area contributed by atoms with E-state index in [1.165, 1.54) is 0 Å². The topological polar surface area (TPSA) is 75.3 Å². The highest BCUT2D eigenvalue weighted by atomic mass is 19.1. The number of carbonyl (C=O) groups is 1. The maximum atomic E-state index is 11.6. The standard InChI is InChI=1S/C6H13FN2O2/c7-4-9-5(6(10)11)2-1-3-8/h5,9H,1-4,8H2,(H,10,11)/t5-/m0/s1. The van der Waals surface area contributed by atoms with E-state index in [0.717, 1.165) is 0 Å². The number of alkyl halides is 1. The molecule has 0 aliphatic heterocycles. The summed E-state index contributed by atoms with van der Waals surface area (Å²) in [6.07, 6.45) is 0.958. The van der Waals surface area contributed by atoms with Crippen LogP contribution in [0.15, 0.2) is 0 Å². The fourth-order valence-electron chi connectivity index (χ4n) is 0.728. The maximum absolute atomic E-state index is 11.6. The van der Waals surface area contributed by atoms with Gasteiger partial charge in [0, 0.05) is 0 Å². The van der Waals surface area contributed by atoms with Gasteiger partial charge in [0.25, 0.3) is 0 Å². The van der Waals surface area contributed by atoms with E-state index in [1.807, 2.05) is 0 Å². The summed E-state index contributed by atoms with van der Waals surface area (Å²) in [4.78, 5) is 10.3. The van der Waals surface area contributed by atoms with Gasteiger partial charge in [-0.3, -0.25) is 10.1 Å². The molecule has 0 saturated carbocycles. The highest BCUT2D eigenvalue weighted by molar-refractivity contribution is 5.73. The van der Waals surface area contributed by atoms with Gasteiger partial charge in [0.05, 0.1) is 0 Å². The first kappa shape index (κ1) is 10.3. The Morgan fingerprint density at radius 2 is 2.36 bits per heavy atom. The molecule has 0 aliphatic rings. The fourth-order valence-corrected chi connectivity index (χ4v) is 0.728. The molecule has 66 valence electrons. The van der Waals surface area contributed by atoms with Gasteiger partial charge in [-0.15, -0.1) is 0 Å². The lowest BCUT2D eigenvalue weighted by atomic mass is 10.1. The van der Waals surface area contributed by atoms with Crippen molar-refractivity contribution < 1.29 is 14.3 Å². The van der Waals surface area contributed by atoms with E-state index < -0.39 is 18.8 Å². The Kier molecular flexibility index (Phi) is 5.68. The molecule has 0 fully saturated rings. The monoisotopic (exact) mass is 164 g/mol. The highest BCUT2D eigenvalue weighted by Crippen LogP contribution is 1.95. The van der Waals surface area contributed by atoms with Crippen LogP contribution in [0, 0.1) is 0 Å². The van der Waals surface area contributed by atoms with Gasteiger partial charge in [-0.25, -0.2) is 4.39 Å². The summed E-state index contributed by atoms with van der Waals surface area (Å²) in [6.45, 7) is -0.390. The molecular weight excluding hydrogens is 151 g/mol. The smallest absolute Gasteiger partial charge is 0.320 e. The van der Waals surface area contributed by atoms with Crippen LogP contribution in [0.2, 0.25) is 0 Å². The van der Waals surface area contributed by atoms with E-state index >= 15 is 0 Å². The van der Waals surface area contributed by atoms with Crippen LogP contribution in [-0.2, 0) is 4.79 Å². The SMILES string of the molecule is NCCC[C@H](NCF)C(=O)O. The van der Waals surface area contributed by atoms with Crippen molar-refractivity contribution in [1.29, 1.82) is 0 Å². The second kappa shape index (κ2) is 6.06. The molecule has 4 nitrogen and oxygen atoms in total. The molecular formula is C6H13FN2O2. The van der Waals surface area contributed by atoms with Crippen molar-refractivity contribution >= 4 is 5.97 Å². The molecule has 0 aromatic heterocycles. The second-order valence-electron chi connectivity index (χ2n) is 2.16. The predicted molar refractivity (Wildman–Crippen MR) is 38.8 cm³/mol. The van der Waals surface area contributed by atoms with E-state index in [4.69, 9.17) is 10.8 Å². The Morgan fingerprint density at radius 3 is 2.73 bits per heavy atom. The molecule has 0 bridgehead atoms. The summed E-state index contributed by atoms with van der Waals surface area (Å²) in [6, 6.07) is -0.802. The third-order valence-electron chi connectivity index (χ3n) is 1.32. The Balaban J connectivity index is 3.60. The van der Waals surface area contributed by atoms with Gasteiger partial charge < -0.3 is 10.8 Å². The normalized spacial score (nSPS) is 12.9. The maximum Gasteiger partial charge on any atom is 0.320 e. The molecule has 0 saturated heterocycles. The number of rotatable bonds is 6. The van der Waals surface area contributed by atoms with Crippen LogP contribution in [0.4, 0.5) is 4.39 Å². The van der Waals surface area contributed by atoms with Gasteiger partial charge in [-0.05, 0) is 19.4 Å². The minimum absolute atomic E-state index is 0.371. The number of nitrogens with one attached hydrogen (secondary N) is 1. The number of carboxylic acid groups (broad SMARTS) is 1. The van der Waals surface area contributed by atoms with Crippen LogP contribution < -0.4 is 11.1 Å². The Labute approximate surface area is 64.6 Å². The molecule has 11 heavy (non-hydrogen) atoms. The zero-order valence-corrected chi connectivity index (χ0v) is 6.22. The van der Waals surface area contributed by atoms with Gasteiger partial charge in [0.2, 0.25) is 0 Å². The zero-order valence-electron chi connectivity index (χ0n) is 6.22. The summed E-state index contributed by atoms with van der Waals surface area (Å²) < 4.78 is 11.6. The van der Waals surface area contributed by atoms with Crippen molar-refractivity contribution in [1.82, 2.24) is 5.32 Å². The van der Waals surface area contributed by atoms with Crippen LogP contribution in [0.5, 0.6) is 0 Å². The van der Waals surface area contributed by atoms with Gasteiger partial charge in [-0.2, -0.15) is 0 Å². The summed E-state index contributed by atoms with van der Waals surface area (Å²) >= 11 is 0. The minimum atomic E-state index is -1.03. The van der Waals surface area contributed by atoms with Crippen molar-refractivity contribution in [2.24, 2.45) is 5.73 Å². The van der Waals surface area contributed by atoms with Gasteiger partial charge in [0.1, 0.15) is 12.8 Å². The number of halogens is 1. The Morgan fingerprint density at radius 1 is 1.73 bits per heavy atom. The van der Waals surface area contributed by atoms with Crippen LogP contribution in [0.3, 0.4) is 0 Å². The summed E-state index contributed by atoms with van der Waals surface area (Å²) in [5.41, 5.74) is 5.16. The third-order valence-corrected chi connectivity index (χ3v) is 1.32. The van der Waals surface area contributed by atoms with Crippen LogP contribution in [0.25, 0.3) is 0 Å². The molecule has 0 rings (SSSR count). The Hall–Kier alpha value is -0.680. The van der Waals surface area contributed by atoms with Gasteiger partial charge in [-0.1, -0.05) is 0 Å². The first-order chi connectivity index (χ1) is 5.22. The van der Waals surface area contributed by atoms with Crippen LogP contribution >= 0.6 is 0 Å². The van der Waals surface area contributed by atoms with E-state index in [9.17, 15) is 9.18 Å². The molecule has 0 unspecified atom stereocenters. The van der Waals surface area contributed by atoms with Crippen molar-refractivity contribution in [3.63, 3.8) is 0 Å². The molecule has 0 aromatic carbocycles. The van der Waals surface area contributed by atoms with Crippen molar-refractivity contribution in [3.8, 4) is 0 Å². The van der Waals surface area contributed by atoms with Gasteiger partial charge >= 0.3 is 5.97 Å². The lowest BCUT2D eigenvalue weighted by Gasteiger charge is -2.10. The molecule has 0 aliphatic carbocycles. The molecule has 0 radical (unpaired) electrons. The molecule has 0 spiro atoms. The van der Waals surface area contributed by atoms with E-state index in [2.05, 4.69) is 5.32 Å². The number of hydrogen-bond acceptors (Lipinski definition) is 3. The number of carboxylic acids is 1. The van der Waals surface area contributed by atoms with Crippen molar-refractivity contribution in [2.45, 2.75) is 18.9 Å². The predicted octanol–water partition coefficient (Wildman–Crippen LogP) is -0.305. The van der Waals surface area contributed by atoms with Gasteiger partial charge in [0.15, 0.2) is 0 Å². The minimum Gasteiger partial charge on any atom is -0.480 e. The van der Waals surface area contributed by atoms with Crippen LogP contribution in [0.1, 0.15) is 12.8 Å². The lowest BCUT2D eigenvalue weighted by Crippen LogP contribution is -2.36. The summed E-state index contributed by atoms with van der Waals surface area (Å²) in [5.74, 6) is -1.03. The molecule has 1 atom stereocenters. The van der Waals surface area contributed by atoms with E-state index in [0.29, 0.717) is 19.4 Å². The molecule has 0 aromatic rings. The second-order valence-corrected chi connectivity index (χ2v) is 2.16. The molecule has 5 heteroatoms.